The van der Waals surface area contributed by atoms with Gasteiger partial charge in [-0.3, -0.25) is 9.59 Å². The monoisotopic (exact) mass is 323 g/mol. The lowest BCUT2D eigenvalue weighted by molar-refractivity contribution is -0.144. The standard InChI is InChI=1S/C17H25NO5/c1-9-5-4-6-17(3)15(23-17)14-13(12(20)7-9)11(16(21)22-14)8-18-10(2)19/h5,11-15,20H,4,6-8H2,1-3H3,(H,18,19)/b9-5+/t11-,12-,13+,14-,15-,17+/m0/s1. The minimum absolute atomic E-state index is 0.166. The fourth-order valence-electron chi connectivity index (χ4n) is 3.94. The smallest absolute Gasteiger partial charge is 0.311 e. The quantitative estimate of drug-likeness (QED) is 0.448. The normalized spacial score (nSPS) is 45.1. The molecule has 3 rings (SSSR count). The number of hydrogen-bond donors (Lipinski definition) is 2. The van der Waals surface area contributed by atoms with Crippen molar-refractivity contribution in [3.05, 3.63) is 11.6 Å². The molecular weight excluding hydrogens is 298 g/mol. The summed E-state index contributed by atoms with van der Waals surface area (Å²) in [6, 6.07) is 0. The van der Waals surface area contributed by atoms with Gasteiger partial charge in [-0.25, -0.2) is 0 Å². The minimum Gasteiger partial charge on any atom is -0.459 e. The number of carbonyl (C=O) groups excluding carboxylic acids is 2. The molecule has 0 unspecified atom stereocenters. The van der Waals surface area contributed by atoms with Crippen molar-refractivity contribution < 1.29 is 24.2 Å². The maximum absolute atomic E-state index is 12.3. The van der Waals surface area contributed by atoms with E-state index in [0.29, 0.717) is 6.42 Å². The summed E-state index contributed by atoms with van der Waals surface area (Å²) in [5.41, 5.74) is 0.816. The van der Waals surface area contributed by atoms with Gasteiger partial charge < -0.3 is 19.9 Å². The molecule has 2 heterocycles. The number of aliphatic hydroxyl groups is 1. The van der Waals surface area contributed by atoms with E-state index in [2.05, 4.69) is 11.4 Å². The van der Waals surface area contributed by atoms with Crippen LogP contribution in [0.3, 0.4) is 0 Å². The predicted octanol–water partition coefficient (Wildman–Crippen LogP) is 0.929. The summed E-state index contributed by atoms with van der Waals surface area (Å²) in [7, 11) is 0. The van der Waals surface area contributed by atoms with Gasteiger partial charge in [0.05, 0.1) is 17.6 Å². The topological polar surface area (TPSA) is 88.2 Å². The highest BCUT2D eigenvalue weighted by atomic mass is 16.6. The third-order valence-corrected chi connectivity index (χ3v) is 5.32. The lowest BCUT2D eigenvalue weighted by Crippen LogP contribution is -2.41. The first-order valence-electron chi connectivity index (χ1n) is 8.28. The number of rotatable bonds is 2. The molecule has 2 fully saturated rings. The molecule has 0 spiro atoms. The Morgan fingerprint density at radius 2 is 2.26 bits per heavy atom. The number of ether oxygens (including phenoxy) is 2. The number of esters is 1. The van der Waals surface area contributed by atoms with Crippen LogP contribution < -0.4 is 5.32 Å². The van der Waals surface area contributed by atoms with Crippen LogP contribution in [0.1, 0.15) is 40.0 Å². The van der Waals surface area contributed by atoms with Gasteiger partial charge >= 0.3 is 5.97 Å². The molecule has 0 radical (unpaired) electrons. The summed E-state index contributed by atoms with van der Waals surface area (Å²) >= 11 is 0. The zero-order chi connectivity index (χ0) is 16.8. The first kappa shape index (κ1) is 16.5. The summed E-state index contributed by atoms with van der Waals surface area (Å²) in [4.78, 5) is 23.5. The van der Waals surface area contributed by atoms with Gasteiger partial charge in [0.25, 0.3) is 0 Å². The van der Waals surface area contributed by atoms with Gasteiger partial charge in [-0.1, -0.05) is 11.6 Å². The lowest BCUT2D eigenvalue weighted by atomic mass is 9.79. The van der Waals surface area contributed by atoms with Crippen LogP contribution in [0, 0.1) is 11.8 Å². The number of allylic oxidation sites excluding steroid dienone is 1. The Morgan fingerprint density at radius 1 is 1.52 bits per heavy atom. The number of nitrogens with one attached hydrogen (secondary N) is 1. The average Bonchev–Trinajstić information content (AvgIpc) is 3.00. The van der Waals surface area contributed by atoms with E-state index >= 15 is 0 Å². The molecule has 128 valence electrons. The van der Waals surface area contributed by atoms with Gasteiger partial charge in [0.2, 0.25) is 5.91 Å². The Kier molecular flexibility index (Phi) is 4.23. The third kappa shape index (κ3) is 3.15. The van der Waals surface area contributed by atoms with Crippen LogP contribution in [0.4, 0.5) is 0 Å². The molecule has 1 aliphatic carbocycles. The molecule has 23 heavy (non-hydrogen) atoms. The number of epoxide rings is 1. The summed E-state index contributed by atoms with van der Waals surface area (Å²) in [5, 5.41) is 13.4. The van der Waals surface area contributed by atoms with Gasteiger partial charge in [0, 0.05) is 19.4 Å². The maximum Gasteiger partial charge on any atom is 0.311 e. The van der Waals surface area contributed by atoms with E-state index in [-0.39, 0.29) is 36.0 Å². The summed E-state index contributed by atoms with van der Waals surface area (Å²) in [5.74, 6) is -1.44. The van der Waals surface area contributed by atoms with Crippen molar-refractivity contribution in [2.24, 2.45) is 11.8 Å². The zero-order valence-electron chi connectivity index (χ0n) is 13.9. The van der Waals surface area contributed by atoms with E-state index in [1.165, 1.54) is 6.92 Å². The Bertz CT molecular complexity index is 545. The molecule has 2 N–H and O–H groups in total. The van der Waals surface area contributed by atoms with E-state index < -0.39 is 18.1 Å². The summed E-state index contributed by atoms with van der Waals surface area (Å²) < 4.78 is 11.4. The number of fused-ring (bicyclic) bond motifs is 3. The first-order valence-corrected chi connectivity index (χ1v) is 8.28. The van der Waals surface area contributed by atoms with Crippen molar-refractivity contribution in [3.63, 3.8) is 0 Å². The van der Waals surface area contributed by atoms with Crippen LogP contribution in [0.15, 0.2) is 11.6 Å². The van der Waals surface area contributed by atoms with Crippen molar-refractivity contribution >= 4 is 11.9 Å². The summed E-state index contributed by atoms with van der Waals surface area (Å²) in [6.07, 6.45) is 3.13. The van der Waals surface area contributed by atoms with Crippen molar-refractivity contribution in [2.45, 2.75) is 63.9 Å². The Labute approximate surface area is 136 Å². The van der Waals surface area contributed by atoms with E-state index in [4.69, 9.17) is 9.47 Å². The molecule has 3 aliphatic rings. The average molecular weight is 323 g/mol. The van der Waals surface area contributed by atoms with E-state index in [1.54, 1.807) is 0 Å². The van der Waals surface area contributed by atoms with Crippen molar-refractivity contribution in [3.8, 4) is 0 Å². The molecule has 1 amide bonds. The Balaban J connectivity index is 1.86. The molecule has 0 saturated carbocycles. The van der Waals surface area contributed by atoms with E-state index in [1.807, 2.05) is 13.8 Å². The predicted molar refractivity (Wildman–Crippen MR) is 82.4 cm³/mol. The second kappa shape index (κ2) is 5.91. The molecule has 6 nitrogen and oxygen atoms in total. The van der Waals surface area contributed by atoms with E-state index in [0.717, 1.165) is 18.4 Å². The second-order valence-electron chi connectivity index (χ2n) is 7.23. The highest BCUT2D eigenvalue weighted by molar-refractivity contribution is 5.78. The number of carbonyl (C=O) groups is 2. The zero-order valence-corrected chi connectivity index (χ0v) is 13.9. The fourth-order valence-corrected chi connectivity index (χ4v) is 3.94. The van der Waals surface area contributed by atoms with Gasteiger partial charge in [0.1, 0.15) is 12.2 Å². The molecule has 0 bridgehead atoms. The number of amides is 1. The van der Waals surface area contributed by atoms with Gasteiger partial charge in [-0.2, -0.15) is 0 Å². The second-order valence-corrected chi connectivity index (χ2v) is 7.23. The SMILES string of the molecule is CC(=O)NC[C@@H]1C(=O)O[C@H]2[C@H]1[C@@H](O)C/C(C)=C/CC[C@@]1(C)O[C@@H]21. The van der Waals surface area contributed by atoms with Gasteiger partial charge in [0.15, 0.2) is 0 Å². The maximum atomic E-state index is 12.3. The summed E-state index contributed by atoms with van der Waals surface area (Å²) in [6.45, 7) is 5.63. The van der Waals surface area contributed by atoms with Crippen molar-refractivity contribution in [2.75, 3.05) is 6.54 Å². The van der Waals surface area contributed by atoms with Crippen LogP contribution >= 0.6 is 0 Å². The highest BCUT2D eigenvalue weighted by Gasteiger charge is 2.64. The molecule has 6 heteroatoms. The first-order chi connectivity index (χ1) is 10.8. The molecule has 0 aromatic carbocycles. The largest absolute Gasteiger partial charge is 0.459 e. The molecule has 2 saturated heterocycles. The third-order valence-electron chi connectivity index (χ3n) is 5.32. The molecule has 0 aromatic heterocycles. The number of hydrogen-bond acceptors (Lipinski definition) is 5. The van der Waals surface area contributed by atoms with Crippen molar-refractivity contribution in [1.29, 1.82) is 0 Å². The van der Waals surface area contributed by atoms with Crippen LogP contribution in [-0.2, 0) is 19.1 Å². The Morgan fingerprint density at radius 3 is 2.96 bits per heavy atom. The fraction of sp³-hybridized carbons (Fsp3) is 0.765. The molecule has 0 aromatic rings. The molecular formula is C17H25NO5. The van der Waals surface area contributed by atoms with Crippen LogP contribution in [0.25, 0.3) is 0 Å². The van der Waals surface area contributed by atoms with Crippen molar-refractivity contribution in [1.82, 2.24) is 5.32 Å². The van der Waals surface area contributed by atoms with Crippen LogP contribution in [-0.4, -0.2) is 47.4 Å². The molecule has 6 atom stereocenters. The number of aliphatic hydroxyl groups excluding tert-OH is 1. The van der Waals surface area contributed by atoms with Crippen LogP contribution in [0.2, 0.25) is 0 Å². The minimum atomic E-state index is -0.687. The Hall–Kier alpha value is -1.40. The van der Waals surface area contributed by atoms with Gasteiger partial charge in [-0.05, 0) is 33.1 Å². The highest BCUT2D eigenvalue weighted by Crippen LogP contribution is 2.50. The van der Waals surface area contributed by atoms with Gasteiger partial charge in [-0.15, -0.1) is 0 Å². The van der Waals surface area contributed by atoms with Crippen LogP contribution in [0.5, 0.6) is 0 Å². The molecule has 2 aliphatic heterocycles. The van der Waals surface area contributed by atoms with E-state index in [9.17, 15) is 14.7 Å². The lowest BCUT2D eigenvalue weighted by Gasteiger charge is -2.27.